The second-order valence-electron chi connectivity index (χ2n) is 4.48. The highest BCUT2D eigenvalue weighted by atomic mass is 35.6. The fourth-order valence-corrected chi connectivity index (χ4v) is 2.63. The van der Waals surface area contributed by atoms with Crippen molar-refractivity contribution in [2.45, 2.75) is 9.83 Å². The van der Waals surface area contributed by atoms with Gasteiger partial charge >= 0.3 is 0 Å². The first-order chi connectivity index (χ1) is 10.3. The molecule has 0 bridgehead atoms. The second kappa shape index (κ2) is 7.05. The lowest BCUT2D eigenvalue weighted by atomic mass is 10.1. The van der Waals surface area contributed by atoms with Crippen molar-refractivity contribution in [3.05, 3.63) is 70.5 Å². The molecule has 0 heterocycles. The van der Waals surface area contributed by atoms with E-state index in [0.29, 0.717) is 5.56 Å². The summed E-state index contributed by atoms with van der Waals surface area (Å²) < 4.78 is 11.2. The summed E-state index contributed by atoms with van der Waals surface area (Å²) in [4.78, 5) is 12.3. The zero-order valence-electron chi connectivity index (χ0n) is 11.0. The smallest absolute Gasteiger partial charge is 0.253 e. The molecule has 2 nitrogen and oxygen atoms in total. The van der Waals surface area contributed by atoms with Gasteiger partial charge in [0.1, 0.15) is 11.9 Å². The monoisotopic (exact) mass is 379 g/mol. The first kappa shape index (κ1) is 17.4. The van der Waals surface area contributed by atoms with E-state index in [1.807, 2.05) is 0 Å². The summed E-state index contributed by atoms with van der Waals surface area (Å²) in [5, 5.41) is 2.89. The minimum Gasteiger partial charge on any atom is -0.341 e. The van der Waals surface area contributed by atoms with Crippen molar-refractivity contribution in [3.63, 3.8) is 0 Å². The van der Waals surface area contributed by atoms with Crippen LogP contribution in [0.4, 0.5) is 4.39 Å². The number of alkyl halides is 3. The Morgan fingerprint density at radius 3 is 2.18 bits per heavy atom. The average Bonchev–Trinajstić information content (AvgIpc) is 2.45. The van der Waals surface area contributed by atoms with Crippen molar-refractivity contribution in [1.82, 2.24) is 5.32 Å². The summed E-state index contributed by atoms with van der Waals surface area (Å²) in [6.07, 6.45) is 0. The summed E-state index contributed by atoms with van der Waals surface area (Å²) in [6.45, 7) is 0. The number of halogens is 5. The maximum atomic E-state index is 13.0. The predicted octanol–water partition coefficient (Wildman–Crippen LogP) is 5.32. The summed E-state index contributed by atoms with van der Waals surface area (Å²) in [5.74, 6) is -0.921. The Morgan fingerprint density at radius 1 is 1.05 bits per heavy atom. The van der Waals surface area contributed by atoms with E-state index in [9.17, 15) is 9.18 Å². The van der Waals surface area contributed by atoms with Crippen LogP contribution in [0.5, 0.6) is 0 Å². The van der Waals surface area contributed by atoms with E-state index in [0.717, 1.165) is 0 Å². The number of benzene rings is 2. The third kappa shape index (κ3) is 4.26. The van der Waals surface area contributed by atoms with Crippen LogP contribution in [-0.2, 0) is 0 Å². The fourth-order valence-electron chi connectivity index (χ4n) is 1.86. The molecule has 2 rings (SSSR count). The summed E-state index contributed by atoms with van der Waals surface area (Å²) in [6, 6.07) is 10.9. The molecule has 1 N–H and O–H groups in total. The van der Waals surface area contributed by atoms with Gasteiger partial charge in [-0.1, -0.05) is 70.7 Å². The van der Waals surface area contributed by atoms with Gasteiger partial charge in [0.05, 0.1) is 10.6 Å². The fraction of sp³-hybridized carbons (Fsp3) is 0.133. The molecule has 116 valence electrons. The van der Waals surface area contributed by atoms with Gasteiger partial charge in [-0.15, -0.1) is 0 Å². The third-order valence-corrected chi connectivity index (χ3v) is 3.91. The van der Waals surface area contributed by atoms with Crippen LogP contribution < -0.4 is 5.32 Å². The van der Waals surface area contributed by atoms with Gasteiger partial charge in [0.25, 0.3) is 5.91 Å². The van der Waals surface area contributed by atoms with Gasteiger partial charge in [-0.2, -0.15) is 0 Å². The standard InChI is InChI=1S/C15H10Cl4FNO/c16-12-4-2-1-3-11(12)14(22)21-13(15(17,18)19)9-5-7-10(20)8-6-9/h1-8,13H,(H,21,22)/t13-/m1/s1. The summed E-state index contributed by atoms with van der Waals surface area (Å²) in [5.41, 5.74) is 0.715. The van der Waals surface area contributed by atoms with E-state index in [1.165, 1.54) is 24.3 Å². The van der Waals surface area contributed by atoms with Crippen LogP contribution in [0.1, 0.15) is 22.0 Å². The SMILES string of the molecule is O=C(N[C@H](c1ccc(F)cc1)C(Cl)(Cl)Cl)c1ccccc1Cl. The highest BCUT2D eigenvalue weighted by Crippen LogP contribution is 2.40. The highest BCUT2D eigenvalue weighted by molar-refractivity contribution is 6.68. The molecule has 0 radical (unpaired) electrons. The van der Waals surface area contributed by atoms with Gasteiger partial charge in [0, 0.05) is 0 Å². The molecule has 2 aromatic carbocycles. The van der Waals surface area contributed by atoms with Crippen molar-refractivity contribution >= 4 is 52.3 Å². The number of hydrogen-bond donors (Lipinski definition) is 1. The van der Waals surface area contributed by atoms with E-state index >= 15 is 0 Å². The molecule has 0 aliphatic heterocycles. The average molecular weight is 381 g/mol. The third-order valence-electron chi connectivity index (χ3n) is 2.92. The second-order valence-corrected chi connectivity index (χ2v) is 7.26. The van der Waals surface area contributed by atoms with Gasteiger partial charge in [-0.05, 0) is 29.8 Å². The molecule has 0 spiro atoms. The Balaban J connectivity index is 2.30. The highest BCUT2D eigenvalue weighted by Gasteiger charge is 2.35. The predicted molar refractivity (Wildman–Crippen MR) is 88.3 cm³/mol. The lowest BCUT2D eigenvalue weighted by Gasteiger charge is -2.26. The van der Waals surface area contributed by atoms with Gasteiger partial charge in [0.2, 0.25) is 3.79 Å². The summed E-state index contributed by atoms with van der Waals surface area (Å²) in [7, 11) is 0. The Morgan fingerprint density at radius 2 is 1.64 bits per heavy atom. The molecule has 0 aliphatic rings. The maximum Gasteiger partial charge on any atom is 0.253 e. The lowest BCUT2D eigenvalue weighted by Crippen LogP contribution is -2.36. The number of hydrogen-bond acceptors (Lipinski definition) is 1. The summed E-state index contributed by atoms with van der Waals surface area (Å²) >= 11 is 23.8. The molecular formula is C15H10Cl4FNO. The van der Waals surface area contributed by atoms with Crippen molar-refractivity contribution in [3.8, 4) is 0 Å². The minimum atomic E-state index is -1.81. The Bertz CT molecular complexity index is 670. The van der Waals surface area contributed by atoms with Crippen LogP contribution in [0.2, 0.25) is 5.02 Å². The van der Waals surface area contributed by atoms with Gasteiger partial charge in [-0.3, -0.25) is 4.79 Å². The lowest BCUT2D eigenvalue weighted by molar-refractivity contribution is 0.0937. The first-order valence-corrected chi connectivity index (χ1v) is 7.68. The number of rotatable bonds is 3. The molecule has 22 heavy (non-hydrogen) atoms. The van der Waals surface area contributed by atoms with Crippen molar-refractivity contribution < 1.29 is 9.18 Å². The van der Waals surface area contributed by atoms with Crippen LogP contribution in [-0.4, -0.2) is 9.70 Å². The van der Waals surface area contributed by atoms with Crippen molar-refractivity contribution in [2.24, 2.45) is 0 Å². The Hall–Kier alpha value is -1.000. The Kier molecular flexibility index (Phi) is 5.56. The number of amides is 1. The van der Waals surface area contributed by atoms with Gasteiger partial charge in [-0.25, -0.2) is 4.39 Å². The largest absolute Gasteiger partial charge is 0.341 e. The van der Waals surface area contributed by atoms with Crippen LogP contribution in [0, 0.1) is 5.82 Å². The Labute approximate surface area is 147 Å². The van der Waals surface area contributed by atoms with E-state index in [2.05, 4.69) is 5.32 Å². The van der Waals surface area contributed by atoms with E-state index in [1.54, 1.807) is 24.3 Å². The molecule has 1 atom stereocenters. The molecule has 2 aromatic rings. The van der Waals surface area contributed by atoms with Crippen molar-refractivity contribution in [2.75, 3.05) is 0 Å². The number of nitrogens with one attached hydrogen (secondary N) is 1. The zero-order valence-corrected chi connectivity index (χ0v) is 14.0. The molecular weight excluding hydrogens is 371 g/mol. The normalized spacial score (nSPS) is 12.8. The maximum absolute atomic E-state index is 13.0. The van der Waals surface area contributed by atoms with Crippen LogP contribution >= 0.6 is 46.4 Å². The molecule has 0 saturated heterocycles. The first-order valence-electron chi connectivity index (χ1n) is 6.16. The van der Waals surface area contributed by atoms with Crippen molar-refractivity contribution in [1.29, 1.82) is 0 Å². The zero-order chi connectivity index (χ0) is 16.3. The van der Waals surface area contributed by atoms with Gasteiger partial charge in [0.15, 0.2) is 0 Å². The van der Waals surface area contributed by atoms with E-state index < -0.39 is 21.6 Å². The minimum absolute atomic E-state index is 0.255. The number of carbonyl (C=O) groups excluding carboxylic acids is 1. The topological polar surface area (TPSA) is 29.1 Å². The molecule has 0 aromatic heterocycles. The molecule has 0 unspecified atom stereocenters. The van der Waals surface area contributed by atoms with E-state index in [4.69, 9.17) is 46.4 Å². The number of carbonyl (C=O) groups is 1. The van der Waals surface area contributed by atoms with Crippen LogP contribution in [0.25, 0.3) is 0 Å². The molecule has 7 heteroatoms. The van der Waals surface area contributed by atoms with Gasteiger partial charge < -0.3 is 5.32 Å². The molecule has 0 aliphatic carbocycles. The quantitative estimate of drug-likeness (QED) is 0.717. The molecule has 0 fully saturated rings. The molecule has 1 amide bonds. The van der Waals surface area contributed by atoms with E-state index in [-0.39, 0.29) is 10.6 Å². The van der Waals surface area contributed by atoms with Crippen LogP contribution in [0.3, 0.4) is 0 Å². The molecule has 0 saturated carbocycles. The van der Waals surface area contributed by atoms with Crippen LogP contribution in [0.15, 0.2) is 48.5 Å².